The molecule has 1 heterocycles. The zero-order valence-electron chi connectivity index (χ0n) is 17.3. The van der Waals surface area contributed by atoms with Crippen molar-refractivity contribution in [3.05, 3.63) is 106 Å². The summed E-state index contributed by atoms with van der Waals surface area (Å²) in [5.41, 5.74) is 3.48. The van der Waals surface area contributed by atoms with Crippen LogP contribution in [0.15, 0.2) is 78.4 Å². The van der Waals surface area contributed by atoms with E-state index in [2.05, 4.69) is 9.88 Å². The maximum absolute atomic E-state index is 13.9. The topological polar surface area (TPSA) is 57.8 Å². The van der Waals surface area contributed by atoms with E-state index >= 15 is 0 Å². The highest BCUT2D eigenvalue weighted by Crippen LogP contribution is 2.30. The Kier molecular flexibility index (Phi) is 6.07. The van der Waals surface area contributed by atoms with Crippen LogP contribution in [0.3, 0.4) is 0 Å². The van der Waals surface area contributed by atoms with Crippen LogP contribution in [0.2, 0.25) is 5.02 Å². The first-order valence-electron chi connectivity index (χ1n) is 9.98. The molecule has 0 aliphatic rings. The number of para-hydroxylation sites is 2. The number of aromatic nitrogens is 1. The van der Waals surface area contributed by atoms with Crippen LogP contribution in [0, 0.1) is 24.1 Å². The molecule has 4 nitrogen and oxygen atoms in total. The number of carbonyl (C=O) groups excluding carboxylic acids is 1. The Hall–Kier alpha value is -3.88. The molecular weight excluding hydrogens is 425 g/mol. The molecule has 3 aromatic carbocycles. The number of amides is 1. The number of rotatable bonds is 5. The minimum atomic E-state index is -0.667. The molecule has 1 amide bonds. The van der Waals surface area contributed by atoms with E-state index in [4.69, 9.17) is 11.6 Å². The molecule has 4 aromatic rings. The number of benzene rings is 3. The van der Waals surface area contributed by atoms with Crippen molar-refractivity contribution < 1.29 is 9.18 Å². The Morgan fingerprint density at radius 2 is 1.78 bits per heavy atom. The quantitative estimate of drug-likeness (QED) is 0.289. The van der Waals surface area contributed by atoms with Gasteiger partial charge in [0, 0.05) is 33.7 Å². The highest BCUT2D eigenvalue weighted by molar-refractivity contribution is 6.31. The molecule has 0 aliphatic heterocycles. The van der Waals surface area contributed by atoms with E-state index in [1.165, 1.54) is 18.2 Å². The largest absolute Gasteiger partial charge is 0.340 e. The van der Waals surface area contributed by atoms with E-state index in [9.17, 15) is 14.4 Å². The van der Waals surface area contributed by atoms with Crippen molar-refractivity contribution in [2.24, 2.45) is 0 Å². The lowest BCUT2D eigenvalue weighted by molar-refractivity contribution is -0.112. The maximum atomic E-state index is 13.9. The van der Waals surface area contributed by atoms with Crippen LogP contribution in [0.5, 0.6) is 0 Å². The van der Waals surface area contributed by atoms with Crippen molar-refractivity contribution in [1.82, 2.24) is 4.57 Å². The van der Waals surface area contributed by atoms with E-state index in [1.54, 1.807) is 12.1 Å². The Bertz CT molecular complexity index is 1400. The van der Waals surface area contributed by atoms with Crippen LogP contribution in [0.25, 0.3) is 17.0 Å². The number of fused-ring (bicyclic) bond motifs is 1. The van der Waals surface area contributed by atoms with Gasteiger partial charge in [-0.15, -0.1) is 0 Å². The predicted octanol–water partition coefficient (Wildman–Crippen LogP) is 6.34. The fraction of sp³-hybridized carbons (Fsp3) is 0.0769. The van der Waals surface area contributed by atoms with E-state index in [1.807, 2.05) is 61.5 Å². The van der Waals surface area contributed by atoms with E-state index < -0.39 is 11.7 Å². The van der Waals surface area contributed by atoms with Gasteiger partial charge in [-0.3, -0.25) is 4.79 Å². The first kappa shape index (κ1) is 21.4. The summed E-state index contributed by atoms with van der Waals surface area (Å²) >= 11 is 6.37. The van der Waals surface area contributed by atoms with Gasteiger partial charge in [0.15, 0.2) is 0 Å². The molecule has 0 saturated carbocycles. The van der Waals surface area contributed by atoms with Gasteiger partial charge >= 0.3 is 0 Å². The molecule has 0 radical (unpaired) electrons. The van der Waals surface area contributed by atoms with Crippen molar-refractivity contribution in [2.75, 3.05) is 5.32 Å². The Morgan fingerprint density at radius 1 is 1.09 bits per heavy atom. The summed E-state index contributed by atoms with van der Waals surface area (Å²) in [6.45, 7) is 2.48. The standard InChI is InChI=1S/C26H19ClFN3O/c1-17-21(14-19(15-29)26(32)30-24-12-6-5-11-23(24)28)20-9-3-7-13-25(20)31(17)16-18-8-2-4-10-22(18)27/h2-14H,16H2,1H3,(H,30,32)/b19-14+. The molecule has 0 fully saturated rings. The highest BCUT2D eigenvalue weighted by Gasteiger charge is 2.17. The molecule has 0 aliphatic carbocycles. The summed E-state index contributed by atoms with van der Waals surface area (Å²) < 4.78 is 16.0. The Morgan fingerprint density at radius 3 is 2.53 bits per heavy atom. The van der Waals surface area contributed by atoms with Gasteiger partial charge in [0.1, 0.15) is 17.5 Å². The number of hydrogen-bond donors (Lipinski definition) is 1. The summed E-state index contributed by atoms with van der Waals surface area (Å²) in [5.74, 6) is -1.23. The summed E-state index contributed by atoms with van der Waals surface area (Å²) in [7, 11) is 0. The lowest BCUT2D eigenvalue weighted by Crippen LogP contribution is -2.14. The number of carbonyl (C=O) groups is 1. The molecule has 0 unspecified atom stereocenters. The second-order valence-corrected chi connectivity index (χ2v) is 7.70. The lowest BCUT2D eigenvalue weighted by Gasteiger charge is -2.10. The van der Waals surface area contributed by atoms with Crippen molar-refractivity contribution in [1.29, 1.82) is 5.26 Å². The SMILES string of the molecule is Cc1c(/C=C(\C#N)C(=O)Nc2ccccc2F)c2ccccc2n1Cc1ccccc1Cl. The average molecular weight is 444 g/mol. The van der Waals surface area contributed by atoms with Crippen LogP contribution in [0.4, 0.5) is 10.1 Å². The first-order chi connectivity index (χ1) is 15.5. The number of nitriles is 1. The molecule has 158 valence electrons. The molecule has 1 aromatic heterocycles. The third kappa shape index (κ3) is 4.14. The van der Waals surface area contributed by atoms with Crippen LogP contribution in [-0.4, -0.2) is 10.5 Å². The van der Waals surface area contributed by atoms with Gasteiger partial charge in [-0.2, -0.15) is 5.26 Å². The van der Waals surface area contributed by atoms with Crippen LogP contribution >= 0.6 is 11.6 Å². The van der Waals surface area contributed by atoms with Crippen LogP contribution < -0.4 is 5.32 Å². The molecular formula is C26H19ClFN3O. The summed E-state index contributed by atoms with van der Waals surface area (Å²) in [5, 5.41) is 13.7. The molecule has 0 saturated heterocycles. The molecule has 0 bridgehead atoms. The summed E-state index contributed by atoms with van der Waals surface area (Å²) in [6.07, 6.45) is 1.55. The smallest absolute Gasteiger partial charge is 0.266 e. The van der Waals surface area contributed by atoms with Crippen molar-refractivity contribution in [2.45, 2.75) is 13.5 Å². The molecule has 0 atom stereocenters. The highest BCUT2D eigenvalue weighted by atomic mass is 35.5. The van der Waals surface area contributed by atoms with Gasteiger partial charge in [-0.05, 0) is 42.8 Å². The number of nitrogens with zero attached hydrogens (tertiary/aromatic N) is 2. The van der Waals surface area contributed by atoms with Crippen molar-refractivity contribution in [3.63, 3.8) is 0 Å². The van der Waals surface area contributed by atoms with E-state index in [-0.39, 0.29) is 11.3 Å². The lowest BCUT2D eigenvalue weighted by atomic mass is 10.1. The number of anilines is 1. The van der Waals surface area contributed by atoms with Gasteiger partial charge < -0.3 is 9.88 Å². The molecule has 32 heavy (non-hydrogen) atoms. The van der Waals surface area contributed by atoms with Gasteiger partial charge in [-0.25, -0.2) is 4.39 Å². The number of nitrogens with one attached hydrogen (secondary N) is 1. The summed E-state index contributed by atoms with van der Waals surface area (Å²) in [6, 6.07) is 23.2. The van der Waals surface area contributed by atoms with Crippen LogP contribution in [0.1, 0.15) is 16.8 Å². The maximum Gasteiger partial charge on any atom is 0.266 e. The third-order valence-electron chi connectivity index (χ3n) is 5.34. The van der Waals surface area contributed by atoms with Crippen LogP contribution in [-0.2, 0) is 11.3 Å². The predicted molar refractivity (Wildman–Crippen MR) is 126 cm³/mol. The Labute approximate surface area is 190 Å². The average Bonchev–Trinajstić information content (AvgIpc) is 3.06. The van der Waals surface area contributed by atoms with Gasteiger partial charge in [0.25, 0.3) is 5.91 Å². The summed E-state index contributed by atoms with van der Waals surface area (Å²) in [4.78, 5) is 12.7. The minimum absolute atomic E-state index is 0.0246. The molecule has 4 rings (SSSR count). The first-order valence-corrected chi connectivity index (χ1v) is 10.4. The second kappa shape index (κ2) is 9.09. The van der Waals surface area contributed by atoms with Gasteiger partial charge in [-0.1, -0.05) is 60.1 Å². The minimum Gasteiger partial charge on any atom is -0.340 e. The molecule has 0 spiro atoms. The second-order valence-electron chi connectivity index (χ2n) is 7.30. The van der Waals surface area contributed by atoms with Crippen molar-refractivity contribution >= 4 is 40.2 Å². The Balaban J connectivity index is 1.77. The third-order valence-corrected chi connectivity index (χ3v) is 5.71. The zero-order chi connectivity index (χ0) is 22.7. The molecule has 6 heteroatoms. The number of hydrogen-bond acceptors (Lipinski definition) is 2. The normalized spacial score (nSPS) is 11.4. The number of halogens is 2. The van der Waals surface area contributed by atoms with Gasteiger partial charge in [0.2, 0.25) is 0 Å². The van der Waals surface area contributed by atoms with Crippen molar-refractivity contribution in [3.8, 4) is 6.07 Å². The van der Waals surface area contributed by atoms with E-state index in [0.717, 1.165) is 27.7 Å². The van der Waals surface area contributed by atoms with Gasteiger partial charge in [0.05, 0.1) is 5.69 Å². The monoisotopic (exact) mass is 443 g/mol. The van der Waals surface area contributed by atoms with E-state index in [0.29, 0.717) is 11.6 Å². The fourth-order valence-corrected chi connectivity index (χ4v) is 3.88. The fourth-order valence-electron chi connectivity index (χ4n) is 3.69. The molecule has 1 N–H and O–H groups in total. The zero-order valence-corrected chi connectivity index (χ0v) is 18.0.